The molecule has 2 bridgehead atoms. The van der Waals surface area contributed by atoms with Gasteiger partial charge in [-0.05, 0) is 66.2 Å². The number of aliphatic hydroxyl groups excluding tert-OH is 1. The number of allylic oxidation sites excluding steroid dienone is 4. The molecule has 0 aromatic heterocycles. The van der Waals surface area contributed by atoms with Gasteiger partial charge < -0.3 is 5.11 Å². The molecule has 2 rings (SSSR count). The fourth-order valence-corrected chi connectivity index (χ4v) is 4.16. The number of hydrogen-bond acceptors (Lipinski definition) is 2. The average Bonchev–Trinajstić information content (AvgIpc) is 2.41. The molecule has 0 amide bonds. The van der Waals surface area contributed by atoms with Gasteiger partial charge in [0.15, 0.2) is 0 Å². The van der Waals surface area contributed by atoms with Gasteiger partial charge >= 0.3 is 0 Å². The summed E-state index contributed by atoms with van der Waals surface area (Å²) in [7, 11) is 0. The average molecular weight is 290 g/mol. The van der Waals surface area contributed by atoms with Crippen molar-refractivity contribution in [3.05, 3.63) is 23.3 Å². The van der Waals surface area contributed by atoms with Gasteiger partial charge in [-0.3, -0.25) is 4.79 Å². The number of ketones is 1. The van der Waals surface area contributed by atoms with Crippen molar-refractivity contribution in [3.63, 3.8) is 0 Å². The van der Waals surface area contributed by atoms with Crippen molar-refractivity contribution in [1.29, 1.82) is 0 Å². The molecule has 118 valence electrons. The topological polar surface area (TPSA) is 37.3 Å². The first-order chi connectivity index (χ1) is 9.82. The third-order valence-electron chi connectivity index (χ3n) is 5.52. The highest BCUT2D eigenvalue weighted by Gasteiger charge is 2.58. The molecular formula is C19H30O2. The van der Waals surface area contributed by atoms with Crippen molar-refractivity contribution in [2.24, 2.45) is 10.8 Å². The number of Topliss-reactive ketones (excluding diaryl/α,β-unsaturated/α-hetero) is 1. The Bertz CT molecular complexity index is 466. The van der Waals surface area contributed by atoms with E-state index in [1.807, 2.05) is 0 Å². The third kappa shape index (κ3) is 3.01. The van der Waals surface area contributed by atoms with Crippen LogP contribution in [-0.4, -0.2) is 17.0 Å². The lowest BCUT2D eigenvalue weighted by molar-refractivity contribution is -0.162. The fourth-order valence-electron chi connectivity index (χ4n) is 4.16. The molecule has 2 nitrogen and oxygen atoms in total. The summed E-state index contributed by atoms with van der Waals surface area (Å²) in [5.74, 6) is 0.343. The summed E-state index contributed by atoms with van der Waals surface area (Å²) >= 11 is 0. The first-order valence-electron chi connectivity index (χ1n) is 8.32. The first-order valence-corrected chi connectivity index (χ1v) is 8.32. The minimum absolute atomic E-state index is 0.204. The summed E-state index contributed by atoms with van der Waals surface area (Å²) in [6.45, 7) is 8.32. The SMILES string of the molecule is CC(C)=CC[C@]12CCC[C@](CC=C(C)C)(C1=O)[C@H](O)CC2. The Morgan fingerprint density at radius 3 is 2.33 bits per heavy atom. The zero-order chi connectivity index (χ0) is 15.7. The number of carbonyl (C=O) groups excluding carboxylic acids is 1. The standard InChI is InChI=1S/C19H30O2/c1-14(2)6-11-18-9-5-10-19(17(18)21,13-7-15(3)4)16(20)8-12-18/h6-7,16,20H,5,8-13H2,1-4H3/t16-,18+,19-/m1/s1. The lowest BCUT2D eigenvalue weighted by Crippen LogP contribution is -2.57. The van der Waals surface area contributed by atoms with Crippen molar-refractivity contribution >= 4 is 5.78 Å². The Morgan fingerprint density at radius 2 is 1.71 bits per heavy atom. The second-order valence-electron chi connectivity index (χ2n) is 7.64. The highest BCUT2D eigenvalue weighted by molar-refractivity contribution is 5.92. The predicted octanol–water partition coefficient (Wildman–Crippen LogP) is 4.58. The van der Waals surface area contributed by atoms with Crippen LogP contribution in [0.25, 0.3) is 0 Å². The van der Waals surface area contributed by atoms with E-state index in [4.69, 9.17) is 0 Å². The number of rotatable bonds is 4. The number of carbonyl (C=O) groups is 1. The maximum Gasteiger partial charge on any atom is 0.148 e. The Morgan fingerprint density at radius 1 is 1.10 bits per heavy atom. The Kier molecular flexibility index (Phi) is 4.77. The van der Waals surface area contributed by atoms with Crippen LogP contribution in [0.3, 0.4) is 0 Å². The van der Waals surface area contributed by atoms with E-state index in [0.29, 0.717) is 12.2 Å². The Balaban J connectivity index is 2.33. The first kappa shape index (κ1) is 16.5. The molecule has 21 heavy (non-hydrogen) atoms. The predicted molar refractivity (Wildman–Crippen MR) is 87.1 cm³/mol. The molecule has 0 spiro atoms. The molecule has 0 aliphatic heterocycles. The maximum atomic E-state index is 13.3. The van der Waals surface area contributed by atoms with Gasteiger partial charge in [-0.1, -0.05) is 29.7 Å². The highest BCUT2D eigenvalue weighted by Crippen LogP contribution is 2.56. The summed E-state index contributed by atoms with van der Waals surface area (Å²) in [6.07, 6.45) is 10.0. The van der Waals surface area contributed by atoms with E-state index in [1.54, 1.807) is 0 Å². The second kappa shape index (κ2) is 6.08. The summed E-state index contributed by atoms with van der Waals surface area (Å²) in [6, 6.07) is 0. The van der Waals surface area contributed by atoms with E-state index in [-0.39, 0.29) is 5.41 Å². The molecule has 0 heterocycles. The van der Waals surface area contributed by atoms with Crippen molar-refractivity contribution < 1.29 is 9.90 Å². The van der Waals surface area contributed by atoms with Crippen LogP contribution in [0.2, 0.25) is 0 Å². The van der Waals surface area contributed by atoms with Crippen LogP contribution in [0.4, 0.5) is 0 Å². The minimum atomic E-state index is -0.511. The van der Waals surface area contributed by atoms with Crippen LogP contribution in [0.15, 0.2) is 23.3 Å². The lowest BCUT2D eigenvalue weighted by atomic mass is 9.51. The van der Waals surface area contributed by atoms with Crippen LogP contribution in [0, 0.1) is 10.8 Å². The lowest BCUT2D eigenvalue weighted by Gasteiger charge is -2.53. The molecule has 2 heteroatoms. The molecule has 0 aromatic carbocycles. The molecule has 2 fully saturated rings. The quantitative estimate of drug-likeness (QED) is 0.769. The molecule has 2 aliphatic rings. The normalized spacial score (nSPS) is 35.3. The van der Waals surface area contributed by atoms with E-state index >= 15 is 0 Å². The zero-order valence-electron chi connectivity index (χ0n) is 14.0. The number of fused-ring (bicyclic) bond motifs is 2. The van der Waals surface area contributed by atoms with Gasteiger partial charge in [-0.25, -0.2) is 0 Å². The van der Waals surface area contributed by atoms with Gasteiger partial charge in [0.2, 0.25) is 0 Å². The van der Waals surface area contributed by atoms with Gasteiger partial charge in [0.05, 0.1) is 11.5 Å². The van der Waals surface area contributed by atoms with E-state index in [1.165, 1.54) is 11.1 Å². The molecular weight excluding hydrogens is 260 g/mol. The van der Waals surface area contributed by atoms with E-state index in [2.05, 4.69) is 39.8 Å². The highest BCUT2D eigenvalue weighted by atomic mass is 16.3. The molecule has 3 atom stereocenters. The largest absolute Gasteiger partial charge is 0.392 e. The second-order valence-corrected chi connectivity index (χ2v) is 7.64. The van der Waals surface area contributed by atoms with Crippen molar-refractivity contribution in [2.45, 2.75) is 78.7 Å². The summed E-state index contributed by atoms with van der Waals surface area (Å²) < 4.78 is 0. The van der Waals surface area contributed by atoms with Gasteiger partial charge in [-0.2, -0.15) is 0 Å². The smallest absolute Gasteiger partial charge is 0.148 e. The van der Waals surface area contributed by atoms with E-state index < -0.39 is 11.5 Å². The van der Waals surface area contributed by atoms with E-state index in [0.717, 1.165) is 38.5 Å². The number of aliphatic hydroxyl groups is 1. The molecule has 0 saturated heterocycles. The molecule has 2 aliphatic carbocycles. The Labute approximate surface area is 129 Å². The van der Waals surface area contributed by atoms with Gasteiger partial charge in [0.1, 0.15) is 5.78 Å². The van der Waals surface area contributed by atoms with Crippen molar-refractivity contribution in [3.8, 4) is 0 Å². The molecule has 2 saturated carbocycles. The molecule has 0 aromatic rings. The summed E-state index contributed by atoms with van der Waals surface area (Å²) in [5, 5.41) is 10.6. The fraction of sp³-hybridized carbons (Fsp3) is 0.737. The van der Waals surface area contributed by atoms with Crippen LogP contribution < -0.4 is 0 Å². The van der Waals surface area contributed by atoms with Crippen LogP contribution in [0.1, 0.15) is 72.6 Å². The third-order valence-corrected chi connectivity index (χ3v) is 5.52. The van der Waals surface area contributed by atoms with Crippen LogP contribution in [-0.2, 0) is 4.79 Å². The molecule has 0 radical (unpaired) electrons. The monoisotopic (exact) mass is 290 g/mol. The van der Waals surface area contributed by atoms with Crippen molar-refractivity contribution in [1.82, 2.24) is 0 Å². The van der Waals surface area contributed by atoms with Gasteiger partial charge in [0.25, 0.3) is 0 Å². The molecule has 1 N–H and O–H groups in total. The van der Waals surface area contributed by atoms with Gasteiger partial charge in [0, 0.05) is 5.41 Å². The number of hydrogen-bond donors (Lipinski definition) is 1. The summed E-state index contributed by atoms with van der Waals surface area (Å²) in [5.41, 5.74) is 1.80. The van der Waals surface area contributed by atoms with Crippen molar-refractivity contribution in [2.75, 3.05) is 0 Å². The minimum Gasteiger partial charge on any atom is -0.392 e. The Hall–Kier alpha value is -0.890. The zero-order valence-corrected chi connectivity index (χ0v) is 14.0. The van der Waals surface area contributed by atoms with Gasteiger partial charge in [-0.15, -0.1) is 0 Å². The van der Waals surface area contributed by atoms with E-state index in [9.17, 15) is 9.90 Å². The van der Waals surface area contributed by atoms with Crippen LogP contribution in [0.5, 0.6) is 0 Å². The summed E-state index contributed by atoms with van der Waals surface area (Å²) in [4.78, 5) is 13.3. The molecule has 0 unspecified atom stereocenters. The maximum absolute atomic E-state index is 13.3. The van der Waals surface area contributed by atoms with Crippen LogP contribution >= 0.6 is 0 Å².